The average Bonchev–Trinajstić information content (AvgIpc) is 3.70. The van der Waals surface area contributed by atoms with E-state index in [1.165, 1.54) is 23.9 Å². The smallest absolute Gasteiger partial charge is 0.256 e. The van der Waals surface area contributed by atoms with E-state index >= 15 is 0 Å². The lowest BCUT2D eigenvalue weighted by Gasteiger charge is -2.40. The minimum atomic E-state index is -0.488. The number of pyridine rings is 1. The predicted octanol–water partition coefficient (Wildman–Crippen LogP) is 3.61. The van der Waals surface area contributed by atoms with E-state index in [0.717, 1.165) is 29.9 Å². The molecule has 2 aliphatic heterocycles. The molecule has 1 saturated heterocycles. The summed E-state index contributed by atoms with van der Waals surface area (Å²) in [4.78, 5) is 30.8. The maximum Gasteiger partial charge on any atom is 0.256 e. The Balaban J connectivity index is 1.30. The maximum absolute atomic E-state index is 13.8. The minimum absolute atomic E-state index is 0.109. The van der Waals surface area contributed by atoms with Gasteiger partial charge in [-0.1, -0.05) is 17.8 Å². The molecule has 1 unspecified atom stereocenters. The van der Waals surface area contributed by atoms with Crippen LogP contribution in [0.25, 0.3) is 28.3 Å². The van der Waals surface area contributed by atoms with E-state index in [0.29, 0.717) is 40.0 Å². The Kier molecular flexibility index (Phi) is 6.92. The minimum Gasteiger partial charge on any atom is -0.395 e. The van der Waals surface area contributed by atoms with Gasteiger partial charge in [-0.15, -0.1) is 0 Å². The first-order valence-corrected chi connectivity index (χ1v) is 14.7. The molecule has 1 amide bonds. The highest BCUT2D eigenvalue weighted by molar-refractivity contribution is 8.04. The lowest BCUT2D eigenvalue weighted by molar-refractivity contribution is -0.113. The molecule has 4 aromatic heterocycles. The van der Waals surface area contributed by atoms with Crippen molar-refractivity contribution >= 4 is 29.1 Å². The molecule has 7 rings (SSSR count). The van der Waals surface area contributed by atoms with Crippen LogP contribution >= 0.6 is 11.8 Å². The highest BCUT2D eigenvalue weighted by Gasteiger charge is 2.36. The van der Waals surface area contributed by atoms with Gasteiger partial charge in [0.05, 0.1) is 41.5 Å². The third kappa shape index (κ3) is 4.84. The second-order valence-electron chi connectivity index (χ2n) is 10.5. The van der Waals surface area contributed by atoms with Gasteiger partial charge in [-0.3, -0.25) is 14.7 Å². The summed E-state index contributed by atoms with van der Waals surface area (Å²) in [6.45, 7) is 4.14. The highest BCUT2D eigenvalue weighted by Crippen LogP contribution is 2.49. The van der Waals surface area contributed by atoms with Crippen LogP contribution in [0, 0.1) is 5.82 Å². The lowest BCUT2D eigenvalue weighted by atomic mass is 10.1. The number of amides is 1. The molecular weight excluding hydrogens is 569 g/mol. The summed E-state index contributed by atoms with van der Waals surface area (Å²) < 4.78 is 17.6. The van der Waals surface area contributed by atoms with Crippen molar-refractivity contribution in [3.05, 3.63) is 95.4 Å². The number of nitrogens with two attached hydrogens (primary N) is 1. The summed E-state index contributed by atoms with van der Waals surface area (Å²) in [5.41, 5.74) is 11.0. The van der Waals surface area contributed by atoms with Crippen molar-refractivity contribution in [3.8, 4) is 22.6 Å². The van der Waals surface area contributed by atoms with E-state index in [-0.39, 0.29) is 23.8 Å². The van der Waals surface area contributed by atoms with E-state index in [4.69, 9.17) is 20.8 Å². The number of aliphatic hydroxyl groups excluding tert-OH is 1. The number of halogens is 1. The quantitative estimate of drug-likeness (QED) is 0.275. The second-order valence-corrected chi connectivity index (χ2v) is 11.6. The zero-order valence-electron chi connectivity index (χ0n) is 23.2. The van der Waals surface area contributed by atoms with Gasteiger partial charge in [0.1, 0.15) is 16.9 Å². The molecule has 218 valence electrons. The number of carbonyl (C=O) groups is 1. The van der Waals surface area contributed by atoms with E-state index in [1.54, 1.807) is 35.4 Å². The number of fused-ring (bicyclic) bond motifs is 1. The molecule has 1 atom stereocenters. The molecule has 0 aliphatic carbocycles. The summed E-state index contributed by atoms with van der Waals surface area (Å²) >= 11 is 1.38. The molecular formula is C30H28FN9O2S. The molecule has 11 nitrogen and oxygen atoms in total. The Morgan fingerprint density at radius 3 is 2.70 bits per heavy atom. The highest BCUT2D eigenvalue weighted by atomic mass is 32.2. The van der Waals surface area contributed by atoms with Gasteiger partial charge in [-0.2, -0.15) is 5.10 Å². The number of primary amides is 1. The molecule has 0 spiro atoms. The number of nitrogens with zero attached hydrogens (tertiary/aromatic N) is 8. The largest absolute Gasteiger partial charge is 0.395 e. The summed E-state index contributed by atoms with van der Waals surface area (Å²) in [6.07, 6.45) is 7.12. The summed E-state index contributed by atoms with van der Waals surface area (Å²) in [7, 11) is 0. The SMILES string of the molecule is CC1=C(C(N)=O)SC(c2cccnc2)N1c1cn2nc(-c3c(-c4ccc(F)cc4)ncn3C3CN(CCO)C3)ccc2n1. The van der Waals surface area contributed by atoms with Gasteiger partial charge >= 0.3 is 0 Å². The van der Waals surface area contributed by atoms with Crippen LogP contribution in [-0.4, -0.2) is 71.3 Å². The molecule has 0 bridgehead atoms. The van der Waals surface area contributed by atoms with Crippen LogP contribution < -0.4 is 10.6 Å². The number of benzene rings is 1. The molecule has 1 aromatic carbocycles. The second kappa shape index (κ2) is 10.9. The van der Waals surface area contributed by atoms with Gasteiger partial charge in [0, 0.05) is 48.9 Å². The number of aromatic nitrogens is 6. The number of aliphatic hydroxyl groups is 1. The Bertz CT molecular complexity index is 1850. The topological polar surface area (TPSA) is 131 Å². The van der Waals surface area contributed by atoms with Gasteiger partial charge in [-0.05, 0) is 49.4 Å². The van der Waals surface area contributed by atoms with Crippen molar-refractivity contribution in [1.82, 2.24) is 34.0 Å². The van der Waals surface area contributed by atoms with Crippen LogP contribution in [0.15, 0.2) is 84.1 Å². The number of anilines is 1. The number of thioether (sulfide) groups is 1. The predicted molar refractivity (Wildman–Crippen MR) is 161 cm³/mol. The van der Waals surface area contributed by atoms with Crippen LogP contribution in [0.5, 0.6) is 0 Å². The molecule has 6 heterocycles. The molecule has 5 aromatic rings. The van der Waals surface area contributed by atoms with Gasteiger partial charge < -0.3 is 20.3 Å². The molecule has 0 radical (unpaired) electrons. The fourth-order valence-corrected chi connectivity index (χ4v) is 6.92. The van der Waals surface area contributed by atoms with Crippen molar-refractivity contribution in [2.45, 2.75) is 18.3 Å². The summed E-state index contributed by atoms with van der Waals surface area (Å²) in [6, 6.07) is 14.1. The van der Waals surface area contributed by atoms with E-state index < -0.39 is 5.91 Å². The van der Waals surface area contributed by atoms with E-state index in [9.17, 15) is 14.3 Å². The Labute approximate surface area is 250 Å². The van der Waals surface area contributed by atoms with Gasteiger partial charge in [0.25, 0.3) is 5.91 Å². The standard InChI is InChI=1S/C30H28FN9O2S/c1-18-28(29(32)42)43-30(20-3-2-10-33-13-20)40(18)25-16-39-24(35-25)9-8-23(36-39)27-26(19-4-6-21(31)7-5-19)34-17-38(27)22-14-37(15-22)11-12-41/h2-10,13,16-17,22,30,41H,11-12,14-15H2,1H3,(H2,32,42). The number of hydrogen-bond acceptors (Lipinski definition) is 9. The molecule has 2 aliphatic rings. The lowest BCUT2D eigenvalue weighted by Crippen LogP contribution is -2.48. The number of allylic oxidation sites excluding steroid dienone is 1. The van der Waals surface area contributed by atoms with Crippen molar-refractivity contribution < 1.29 is 14.3 Å². The third-order valence-electron chi connectivity index (χ3n) is 7.80. The summed E-state index contributed by atoms with van der Waals surface area (Å²) in [5.74, 6) is -0.189. The average molecular weight is 598 g/mol. The molecule has 0 saturated carbocycles. The first-order chi connectivity index (χ1) is 20.9. The van der Waals surface area contributed by atoms with Crippen molar-refractivity contribution in [2.24, 2.45) is 5.73 Å². The molecule has 43 heavy (non-hydrogen) atoms. The number of likely N-dealkylation sites (tertiary alicyclic amines) is 1. The molecule has 1 fully saturated rings. The van der Waals surface area contributed by atoms with E-state index in [1.807, 2.05) is 42.3 Å². The monoisotopic (exact) mass is 597 g/mol. The zero-order valence-corrected chi connectivity index (χ0v) is 24.0. The van der Waals surface area contributed by atoms with Crippen molar-refractivity contribution in [2.75, 3.05) is 31.1 Å². The van der Waals surface area contributed by atoms with Crippen molar-refractivity contribution in [3.63, 3.8) is 0 Å². The van der Waals surface area contributed by atoms with Crippen LogP contribution in [0.2, 0.25) is 0 Å². The van der Waals surface area contributed by atoms with Crippen LogP contribution in [0.4, 0.5) is 10.2 Å². The Morgan fingerprint density at radius 1 is 1.16 bits per heavy atom. The number of imidazole rings is 2. The number of rotatable bonds is 8. The fraction of sp³-hybridized carbons (Fsp3) is 0.233. The number of hydrogen-bond donors (Lipinski definition) is 2. The van der Waals surface area contributed by atoms with E-state index in [2.05, 4.69) is 14.5 Å². The third-order valence-corrected chi connectivity index (χ3v) is 9.24. The van der Waals surface area contributed by atoms with Crippen LogP contribution in [-0.2, 0) is 4.79 Å². The Hall–Kier alpha value is -4.59. The van der Waals surface area contributed by atoms with Gasteiger partial charge in [-0.25, -0.2) is 18.9 Å². The molecule has 3 N–H and O–H groups in total. The number of β-amino-alcohol motifs (C(OH)–C–C–N with tert-alkyl or cyclic N) is 1. The first kappa shape index (κ1) is 27.3. The fourth-order valence-electron chi connectivity index (χ4n) is 5.67. The van der Waals surface area contributed by atoms with Gasteiger partial charge in [0.2, 0.25) is 0 Å². The van der Waals surface area contributed by atoms with Crippen LogP contribution in [0.3, 0.4) is 0 Å². The van der Waals surface area contributed by atoms with Gasteiger partial charge in [0.15, 0.2) is 11.5 Å². The van der Waals surface area contributed by atoms with Crippen LogP contribution in [0.1, 0.15) is 23.9 Å². The normalized spacial score (nSPS) is 17.7. The Morgan fingerprint density at radius 2 is 1.98 bits per heavy atom. The molecule has 13 heteroatoms. The summed E-state index contributed by atoms with van der Waals surface area (Å²) in [5, 5.41) is 14.0. The van der Waals surface area contributed by atoms with Crippen molar-refractivity contribution in [1.29, 1.82) is 0 Å². The number of carbonyl (C=O) groups excluding carboxylic acids is 1. The first-order valence-electron chi connectivity index (χ1n) is 13.8. The zero-order chi connectivity index (χ0) is 29.7. The maximum atomic E-state index is 13.8.